The first kappa shape index (κ1) is 18.0. The summed E-state index contributed by atoms with van der Waals surface area (Å²) < 4.78 is 6.71. The number of aromatic hydroxyl groups is 1. The van der Waals surface area contributed by atoms with Crippen molar-refractivity contribution in [2.45, 2.75) is 6.92 Å². The molecule has 0 atom stereocenters. The zero-order valence-corrected chi connectivity index (χ0v) is 14.5. The van der Waals surface area contributed by atoms with Crippen LogP contribution in [-0.2, 0) is 0 Å². The highest BCUT2D eigenvalue weighted by atomic mass is 16.5. The largest absolute Gasteiger partial charge is 0.504 e. The number of carbonyl (C=O) groups is 2. The molecule has 1 aromatic heterocycles. The molecule has 3 N–H and O–H groups in total. The van der Waals surface area contributed by atoms with Gasteiger partial charge in [-0.25, -0.2) is 4.68 Å². The number of nitrogens with zero attached hydrogens (tertiary/aromatic N) is 2. The molecule has 1 heterocycles. The summed E-state index contributed by atoms with van der Waals surface area (Å²) in [5, 5.41) is 14.0. The summed E-state index contributed by atoms with van der Waals surface area (Å²) in [6.07, 6.45) is 1.32. The van der Waals surface area contributed by atoms with Crippen LogP contribution in [-0.4, -0.2) is 33.3 Å². The van der Waals surface area contributed by atoms with Crippen molar-refractivity contribution in [3.63, 3.8) is 0 Å². The first-order chi connectivity index (χ1) is 13.1. The van der Waals surface area contributed by atoms with Gasteiger partial charge in [0.25, 0.3) is 11.8 Å². The molecule has 27 heavy (non-hydrogen) atoms. The number of hydrazine groups is 1. The minimum absolute atomic E-state index is 0.206. The van der Waals surface area contributed by atoms with E-state index in [4.69, 9.17) is 4.74 Å². The van der Waals surface area contributed by atoms with Crippen molar-refractivity contribution in [3.05, 3.63) is 72.1 Å². The van der Waals surface area contributed by atoms with E-state index in [-0.39, 0.29) is 11.4 Å². The van der Waals surface area contributed by atoms with Gasteiger partial charge in [-0.3, -0.25) is 20.4 Å². The van der Waals surface area contributed by atoms with Crippen LogP contribution in [0, 0.1) is 0 Å². The molecule has 2 aromatic carbocycles. The van der Waals surface area contributed by atoms with Gasteiger partial charge in [0, 0.05) is 5.56 Å². The average molecular weight is 366 g/mol. The summed E-state index contributed by atoms with van der Waals surface area (Å²) in [6, 6.07) is 15.6. The Balaban J connectivity index is 1.67. The lowest BCUT2D eigenvalue weighted by atomic mass is 10.2. The lowest BCUT2D eigenvalue weighted by Gasteiger charge is -2.08. The monoisotopic (exact) mass is 366 g/mol. The number of nitrogens with one attached hydrogen (secondary N) is 2. The Bertz CT molecular complexity index is 953. The first-order valence-electron chi connectivity index (χ1n) is 8.26. The van der Waals surface area contributed by atoms with Crippen LogP contribution in [0.1, 0.15) is 27.8 Å². The van der Waals surface area contributed by atoms with E-state index in [1.54, 1.807) is 36.4 Å². The fourth-order valence-electron chi connectivity index (χ4n) is 2.38. The molecule has 0 spiro atoms. The molecular formula is C19H18N4O4. The number of para-hydroxylation sites is 1. The van der Waals surface area contributed by atoms with Crippen LogP contribution in [0.15, 0.2) is 60.8 Å². The Morgan fingerprint density at radius 3 is 2.56 bits per heavy atom. The molecule has 0 unspecified atom stereocenters. The summed E-state index contributed by atoms with van der Waals surface area (Å²) in [4.78, 5) is 24.4. The van der Waals surface area contributed by atoms with E-state index < -0.39 is 11.8 Å². The van der Waals surface area contributed by atoms with Gasteiger partial charge >= 0.3 is 0 Å². The van der Waals surface area contributed by atoms with Crippen molar-refractivity contribution in [1.82, 2.24) is 20.6 Å². The third-order valence-electron chi connectivity index (χ3n) is 3.63. The van der Waals surface area contributed by atoms with Crippen molar-refractivity contribution in [2.75, 3.05) is 6.61 Å². The van der Waals surface area contributed by atoms with Crippen molar-refractivity contribution in [3.8, 4) is 17.2 Å². The van der Waals surface area contributed by atoms with E-state index in [1.165, 1.54) is 10.9 Å². The van der Waals surface area contributed by atoms with Gasteiger partial charge in [0.15, 0.2) is 11.4 Å². The number of rotatable bonds is 5. The summed E-state index contributed by atoms with van der Waals surface area (Å²) >= 11 is 0. The van der Waals surface area contributed by atoms with Crippen LogP contribution in [0.5, 0.6) is 11.5 Å². The van der Waals surface area contributed by atoms with Crippen molar-refractivity contribution in [2.24, 2.45) is 0 Å². The molecule has 0 aliphatic rings. The maximum absolute atomic E-state index is 12.2. The molecule has 3 rings (SSSR count). The number of ether oxygens (including phenoxy) is 1. The normalized spacial score (nSPS) is 10.3. The molecule has 2 amide bonds. The third-order valence-corrected chi connectivity index (χ3v) is 3.63. The lowest BCUT2D eigenvalue weighted by molar-refractivity contribution is 0.0842. The molecule has 8 heteroatoms. The van der Waals surface area contributed by atoms with Crippen molar-refractivity contribution < 1.29 is 19.4 Å². The standard InChI is InChI=1S/C19H18N4O4/c1-2-27-15-10-6-7-13(11-15)18(25)20-21-19(26)17-16(24)12-23(22-17)14-8-4-3-5-9-14/h3-12,24H,2H2,1H3,(H,20,25)(H,21,26). The Morgan fingerprint density at radius 1 is 1.07 bits per heavy atom. The number of hydrogen-bond donors (Lipinski definition) is 3. The van der Waals surface area contributed by atoms with E-state index in [2.05, 4.69) is 16.0 Å². The van der Waals surface area contributed by atoms with E-state index in [1.807, 2.05) is 25.1 Å². The molecule has 0 radical (unpaired) electrons. The Hall–Kier alpha value is -3.81. The fraction of sp³-hybridized carbons (Fsp3) is 0.105. The SMILES string of the molecule is CCOc1cccc(C(=O)NNC(=O)c2nn(-c3ccccc3)cc2O)c1. The van der Waals surface area contributed by atoms with Gasteiger partial charge in [0.05, 0.1) is 18.5 Å². The molecule has 0 saturated carbocycles. The Kier molecular flexibility index (Phi) is 5.36. The predicted octanol–water partition coefficient (Wildman–Crippen LogP) is 2.05. The molecular weight excluding hydrogens is 348 g/mol. The molecule has 0 aliphatic carbocycles. The third kappa shape index (κ3) is 4.24. The van der Waals surface area contributed by atoms with Crippen LogP contribution in [0.25, 0.3) is 5.69 Å². The Morgan fingerprint density at radius 2 is 1.81 bits per heavy atom. The van der Waals surface area contributed by atoms with Crippen LogP contribution in [0.4, 0.5) is 0 Å². The second kappa shape index (κ2) is 8.05. The molecule has 0 saturated heterocycles. The summed E-state index contributed by atoms with van der Waals surface area (Å²) in [6.45, 7) is 2.32. The molecule has 0 aliphatic heterocycles. The quantitative estimate of drug-likeness (QED) is 0.600. The van der Waals surface area contributed by atoms with E-state index in [0.29, 0.717) is 23.6 Å². The molecule has 0 bridgehead atoms. The van der Waals surface area contributed by atoms with Gasteiger partial charge < -0.3 is 9.84 Å². The van der Waals surface area contributed by atoms with Crippen LogP contribution in [0.3, 0.4) is 0 Å². The van der Waals surface area contributed by atoms with Crippen LogP contribution in [0.2, 0.25) is 0 Å². The van der Waals surface area contributed by atoms with Crippen molar-refractivity contribution in [1.29, 1.82) is 0 Å². The highest BCUT2D eigenvalue weighted by Crippen LogP contribution is 2.18. The predicted molar refractivity (Wildman–Crippen MR) is 97.8 cm³/mol. The highest BCUT2D eigenvalue weighted by Gasteiger charge is 2.18. The highest BCUT2D eigenvalue weighted by molar-refractivity contribution is 5.99. The second-order valence-electron chi connectivity index (χ2n) is 5.51. The Labute approximate surface area is 155 Å². The summed E-state index contributed by atoms with van der Waals surface area (Å²) in [5.74, 6) is -1.01. The number of amides is 2. The number of carbonyl (C=O) groups excluding carboxylic acids is 2. The van der Waals surface area contributed by atoms with Gasteiger partial charge in [0.2, 0.25) is 0 Å². The second-order valence-corrected chi connectivity index (χ2v) is 5.51. The van der Waals surface area contributed by atoms with E-state index in [9.17, 15) is 14.7 Å². The van der Waals surface area contributed by atoms with Crippen LogP contribution >= 0.6 is 0 Å². The smallest absolute Gasteiger partial charge is 0.294 e. The summed E-state index contributed by atoms with van der Waals surface area (Å²) in [7, 11) is 0. The van der Waals surface area contributed by atoms with E-state index >= 15 is 0 Å². The number of benzene rings is 2. The van der Waals surface area contributed by atoms with Crippen molar-refractivity contribution >= 4 is 11.8 Å². The zero-order valence-electron chi connectivity index (χ0n) is 14.5. The fourth-order valence-corrected chi connectivity index (χ4v) is 2.38. The maximum atomic E-state index is 12.2. The van der Waals surface area contributed by atoms with Gasteiger partial charge in [-0.05, 0) is 37.3 Å². The molecule has 138 valence electrons. The zero-order chi connectivity index (χ0) is 19.2. The molecule has 3 aromatic rings. The molecule has 8 nitrogen and oxygen atoms in total. The first-order valence-corrected chi connectivity index (χ1v) is 8.26. The van der Waals surface area contributed by atoms with Gasteiger partial charge in [0.1, 0.15) is 5.75 Å². The number of hydrogen-bond acceptors (Lipinski definition) is 5. The van der Waals surface area contributed by atoms with Crippen LogP contribution < -0.4 is 15.6 Å². The topological polar surface area (TPSA) is 105 Å². The van der Waals surface area contributed by atoms with E-state index in [0.717, 1.165) is 0 Å². The lowest BCUT2D eigenvalue weighted by Crippen LogP contribution is -2.41. The maximum Gasteiger partial charge on any atom is 0.294 e. The van der Waals surface area contributed by atoms with Gasteiger partial charge in [-0.1, -0.05) is 24.3 Å². The van der Waals surface area contributed by atoms with Gasteiger partial charge in [-0.2, -0.15) is 5.10 Å². The number of aromatic nitrogens is 2. The minimum Gasteiger partial charge on any atom is -0.504 e. The summed E-state index contributed by atoms with van der Waals surface area (Å²) in [5.41, 5.74) is 5.32. The van der Waals surface area contributed by atoms with Gasteiger partial charge in [-0.15, -0.1) is 0 Å². The molecule has 0 fully saturated rings. The minimum atomic E-state index is -0.739. The average Bonchev–Trinajstić information content (AvgIpc) is 3.09.